The second-order valence-corrected chi connectivity index (χ2v) is 8.27. The van der Waals surface area contributed by atoms with Crippen molar-refractivity contribution in [3.63, 3.8) is 0 Å². The summed E-state index contributed by atoms with van der Waals surface area (Å²) in [5, 5.41) is 11.5. The molecule has 1 saturated heterocycles. The third-order valence-corrected chi connectivity index (χ3v) is 5.93. The highest BCUT2D eigenvalue weighted by atomic mass is 35.5. The Morgan fingerprint density at radius 1 is 1.06 bits per heavy atom. The van der Waals surface area contributed by atoms with Crippen LogP contribution in [0.3, 0.4) is 0 Å². The van der Waals surface area contributed by atoms with Gasteiger partial charge in [0.25, 0.3) is 11.7 Å². The van der Waals surface area contributed by atoms with Gasteiger partial charge >= 0.3 is 0 Å². The van der Waals surface area contributed by atoms with Crippen molar-refractivity contribution in [2.24, 2.45) is 0 Å². The van der Waals surface area contributed by atoms with E-state index >= 15 is 0 Å². The van der Waals surface area contributed by atoms with Crippen molar-refractivity contribution in [1.82, 2.24) is 0 Å². The van der Waals surface area contributed by atoms with Gasteiger partial charge < -0.3 is 14.6 Å². The van der Waals surface area contributed by atoms with E-state index < -0.39 is 17.7 Å². The summed E-state index contributed by atoms with van der Waals surface area (Å²) in [5.74, 6) is -0.814. The predicted octanol–water partition coefficient (Wildman–Crippen LogP) is 5.68. The largest absolute Gasteiger partial charge is 0.507 e. The lowest BCUT2D eigenvalue weighted by molar-refractivity contribution is -0.132. The molecule has 0 bridgehead atoms. The van der Waals surface area contributed by atoms with E-state index in [-0.39, 0.29) is 16.4 Å². The first-order valence-electron chi connectivity index (χ1n) is 10.8. The summed E-state index contributed by atoms with van der Waals surface area (Å²) >= 11 is 6.26. The Labute approximate surface area is 203 Å². The first kappa shape index (κ1) is 23.4. The fourth-order valence-electron chi connectivity index (χ4n) is 4.11. The van der Waals surface area contributed by atoms with Crippen molar-refractivity contribution in [2.45, 2.75) is 19.9 Å². The third kappa shape index (κ3) is 4.24. The van der Waals surface area contributed by atoms with Crippen LogP contribution in [0.15, 0.2) is 72.3 Å². The summed E-state index contributed by atoms with van der Waals surface area (Å²) < 4.78 is 10.8. The highest BCUT2D eigenvalue weighted by molar-refractivity contribution is 6.51. The number of Topliss-reactive ketones (excluding diaryl/α,β-unsaturated/α-hetero) is 1. The molecular weight excluding hydrogens is 454 g/mol. The van der Waals surface area contributed by atoms with E-state index in [1.165, 1.54) is 18.1 Å². The predicted molar refractivity (Wildman–Crippen MR) is 132 cm³/mol. The molecular formula is C27H24ClNO5. The van der Waals surface area contributed by atoms with Gasteiger partial charge in [-0.2, -0.15) is 0 Å². The van der Waals surface area contributed by atoms with Gasteiger partial charge in [-0.15, -0.1) is 0 Å². The van der Waals surface area contributed by atoms with Crippen LogP contribution >= 0.6 is 11.6 Å². The van der Waals surface area contributed by atoms with Crippen LogP contribution in [-0.2, 0) is 9.59 Å². The van der Waals surface area contributed by atoms with Crippen molar-refractivity contribution in [3.8, 4) is 11.5 Å². The number of amides is 1. The number of aliphatic hydroxyl groups is 1. The molecule has 7 heteroatoms. The Morgan fingerprint density at radius 3 is 2.50 bits per heavy atom. The van der Waals surface area contributed by atoms with Gasteiger partial charge in [-0.1, -0.05) is 47.5 Å². The summed E-state index contributed by atoms with van der Waals surface area (Å²) in [4.78, 5) is 28.0. The Morgan fingerprint density at radius 2 is 1.82 bits per heavy atom. The molecule has 34 heavy (non-hydrogen) atoms. The maximum absolute atomic E-state index is 13.3. The minimum Gasteiger partial charge on any atom is -0.507 e. The molecule has 1 aliphatic rings. The average Bonchev–Trinajstić information content (AvgIpc) is 3.09. The molecule has 174 valence electrons. The van der Waals surface area contributed by atoms with E-state index in [9.17, 15) is 14.7 Å². The lowest BCUT2D eigenvalue weighted by Gasteiger charge is -2.26. The highest BCUT2D eigenvalue weighted by Crippen LogP contribution is 2.43. The molecule has 6 nitrogen and oxygen atoms in total. The number of carbonyl (C=O) groups excluding carboxylic acids is 2. The van der Waals surface area contributed by atoms with Gasteiger partial charge in [0.05, 0.1) is 30.4 Å². The Balaban J connectivity index is 1.93. The van der Waals surface area contributed by atoms with Gasteiger partial charge in [0.1, 0.15) is 17.3 Å². The standard InChI is InChI=1S/C27H24ClNO5/c1-4-34-20-10-6-9-19(15-20)29-24(17-8-5-7-16(2)13-17)23(26(31)27(29)32)25(30)18-11-12-22(33-3)21(28)14-18/h5-15,24,30H,4H2,1-3H3/b25-23+. The number of nitrogens with zero attached hydrogens (tertiary/aromatic N) is 1. The zero-order valence-corrected chi connectivity index (χ0v) is 19.8. The summed E-state index contributed by atoms with van der Waals surface area (Å²) in [5.41, 5.74) is 2.44. The first-order valence-corrected chi connectivity index (χ1v) is 11.2. The second kappa shape index (κ2) is 9.61. The number of benzene rings is 3. The number of anilines is 1. The van der Waals surface area contributed by atoms with E-state index in [1.807, 2.05) is 38.1 Å². The van der Waals surface area contributed by atoms with Crippen molar-refractivity contribution >= 4 is 34.7 Å². The molecule has 4 rings (SSSR count). The number of ketones is 1. The maximum atomic E-state index is 13.3. The van der Waals surface area contributed by atoms with Crippen LogP contribution in [0.4, 0.5) is 5.69 Å². The minimum atomic E-state index is -0.836. The van der Waals surface area contributed by atoms with E-state index in [1.54, 1.807) is 36.4 Å². The van der Waals surface area contributed by atoms with Crippen LogP contribution in [0.1, 0.15) is 29.7 Å². The number of aryl methyl sites for hydroxylation is 1. The molecule has 0 aromatic heterocycles. The second-order valence-electron chi connectivity index (χ2n) is 7.86. The van der Waals surface area contributed by atoms with Crippen LogP contribution in [0.5, 0.6) is 11.5 Å². The van der Waals surface area contributed by atoms with E-state index in [2.05, 4.69) is 0 Å². The quantitative estimate of drug-likeness (QED) is 0.281. The smallest absolute Gasteiger partial charge is 0.300 e. The summed E-state index contributed by atoms with van der Waals surface area (Å²) in [6, 6.07) is 18.4. The average molecular weight is 478 g/mol. The Bertz CT molecular complexity index is 1300. The summed E-state index contributed by atoms with van der Waals surface area (Å²) in [6.45, 7) is 4.25. The Hall–Kier alpha value is -3.77. The SMILES string of the molecule is CCOc1cccc(N2C(=O)C(=O)/C(=C(/O)c3ccc(OC)c(Cl)c3)C2c2cccc(C)c2)c1. The lowest BCUT2D eigenvalue weighted by atomic mass is 9.94. The van der Waals surface area contributed by atoms with Crippen molar-refractivity contribution < 1.29 is 24.2 Å². The lowest BCUT2D eigenvalue weighted by Crippen LogP contribution is -2.29. The topological polar surface area (TPSA) is 76.1 Å². The zero-order chi connectivity index (χ0) is 24.4. The van der Waals surface area contributed by atoms with Gasteiger partial charge in [0.2, 0.25) is 0 Å². The number of aliphatic hydroxyl groups excluding tert-OH is 1. The van der Waals surface area contributed by atoms with Gasteiger partial charge in [-0.3, -0.25) is 14.5 Å². The zero-order valence-electron chi connectivity index (χ0n) is 19.0. The normalized spacial score (nSPS) is 17.2. The first-order chi connectivity index (χ1) is 16.3. The molecule has 3 aromatic rings. The van der Waals surface area contributed by atoms with Crippen LogP contribution in [0.25, 0.3) is 5.76 Å². The number of methoxy groups -OCH3 is 1. The van der Waals surface area contributed by atoms with Crippen LogP contribution in [-0.4, -0.2) is 30.5 Å². The molecule has 0 saturated carbocycles. The van der Waals surface area contributed by atoms with Gasteiger partial charge in [0.15, 0.2) is 0 Å². The molecule has 1 N–H and O–H groups in total. The number of rotatable bonds is 6. The van der Waals surface area contributed by atoms with E-state index in [0.717, 1.165) is 5.56 Å². The molecule has 0 spiro atoms. The monoisotopic (exact) mass is 477 g/mol. The molecule has 0 aliphatic carbocycles. The molecule has 0 radical (unpaired) electrons. The van der Waals surface area contributed by atoms with Gasteiger partial charge in [0, 0.05) is 17.3 Å². The van der Waals surface area contributed by atoms with Crippen LogP contribution in [0, 0.1) is 6.92 Å². The van der Waals surface area contributed by atoms with Crippen molar-refractivity contribution in [2.75, 3.05) is 18.6 Å². The molecule has 1 amide bonds. The number of carbonyl (C=O) groups is 2. The number of hydrogen-bond donors (Lipinski definition) is 1. The summed E-state index contributed by atoms with van der Waals surface area (Å²) in [6.07, 6.45) is 0. The Kier molecular flexibility index (Phi) is 6.61. The minimum absolute atomic E-state index is 0.0151. The number of hydrogen-bond acceptors (Lipinski definition) is 5. The van der Waals surface area contributed by atoms with E-state index in [4.69, 9.17) is 21.1 Å². The highest BCUT2D eigenvalue weighted by Gasteiger charge is 2.47. The van der Waals surface area contributed by atoms with Gasteiger partial charge in [-0.05, 0) is 49.7 Å². The number of ether oxygens (including phenoxy) is 2. The molecule has 1 heterocycles. The van der Waals surface area contributed by atoms with Gasteiger partial charge in [-0.25, -0.2) is 0 Å². The number of halogens is 1. The molecule has 3 aromatic carbocycles. The molecule has 1 atom stereocenters. The third-order valence-electron chi connectivity index (χ3n) is 5.63. The summed E-state index contributed by atoms with van der Waals surface area (Å²) in [7, 11) is 1.49. The molecule has 1 fully saturated rings. The molecule has 1 aliphatic heterocycles. The van der Waals surface area contributed by atoms with Crippen LogP contribution in [0.2, 0.25) is 5.02 Å². The van der Waals surface area contributed by atoms with Crippen LogP contribution < -0.4 is 14.4 Å². The van der Waals surface area contributed by atoms with Crippen molar-refractivity contribution in [1.29, 1.82) is 0 Å². The maximum Gasteiger partial charge on any atom is 0.300 e. The molecule has 1 unspecified atom stereocenters. The fourth-order valence-corrected chi connectivity index (χ4v) is 4.37. The fraction of sp³-hybridized carbons (Fsp3) is 0.185. The van der Waals surface area contributed by atoms with Crippen molar-refractivity contribution in [3.05, 3.63) is 94.0 Å². The van der Waals surface area contributed by atoms with E-state index in [0.29, 0.717) is 34.9 Å².